The lowest BCUT2D eigenvalue weighted by atomic mass is 9.93. The summed E-state index contributed by atoms with van der Waals surface area (Å²) in [4.78, 5) is 0. The van der Waals surface area contributed by atoms with E-state index in [1.165, 1.54) is 0 Å². The van der Waals surface area contributed by atoms with Gasteiger partial charge in [0, 0.05) is 11.3 Å². The van der Waals surface area contributed by atoms with Crippen molar-refractivity contribution in [3.63, 3.8) is 0 Å². The maximum atomic E-state index is 11.0. The van der Waals surface area contributed by atoms with E-state index in [4.69, 9.17) is 11.6 Å². The summed E-state index contributed by atoms with van der Waals surface area (Å²) >= 11 is 5.81. The Labute approximate surface area is 101 Å². The summed E-state index contributed by atoms with van der Waals surface area (Å²) in [5, 5.41) is 10.7. The summed E-state index contributed by atoms with van der Waals surface area (Å²) in [6.45, 7) is 1.59. The topological polar surface area (TPSA) is 54.4 Å². The highest BCUT2D eigenvalue weighted by atomic mass is 35.5. The van der Waals surface area contributed by atoms with Gasteiger partial charge in [-0.05, 0) is 31.0 Å². The van der Waals surface area contributed by atoms with Crippen LogP contribution < -0.4 is 0 Å². The molecule has 3 nitrogen and oxygen atoms in total. The van der Waals surface area contributed by atoms with Crippen LogP contribution in [0, 0.1) is 0 Å². The molecule has 16 heavy (non-hydrogen) atoms. The molecule has 90 valence electrons. The van der Waals surface area contributed by atoms with E-state index in [1.54, 1.807) is 31.2 Å². The zero-order valence-corrected chi connectivity index (χ0v) is 10.8. The highest BCUT2D eigenvalue weighted by Crippen LogP contribution is 2.26. The lowest BCUT2D eigenvalue weighted by Gasteiger charge is -2.23. The monoisotopic (exact) mass is 262 g/mol. The van der Waals surface area contributed by atoms with E-state index in [9.17, 15) is 13.5 Å². The molecule has 5 heteroatoms. The van der Waals surface area contributed by atoms with Gasteiger partial charge in [0.1, 0.15) is 9.84 Å². The highest BCUT2D eigenvalue weighted by molar-refractivity contribution is 7.90. The van der Waals surface area contributed by atoms with Crippen molar-refractivity contribution in [2.75, 3.05) is 12.0 Å². The summed E-state index contributed by atoms with van der Waals surface area (Å²) in [5.74, 6) is -0.0491. The first-order valence-corrected chi connectivity index (χ1v) is 7.31. The number of halogens is 1. The van der Waals surface area contributed by atoms with Gasteiger partial charge in [-0.1, -0.05) is 23.7 Å². The molecular formula is C11H15ClO3S. The normalized spacial score (nSPS) is 15.8. The van der Waals surface area contributed by atoms with Crippen LogP contribution >= 0.6 is 11.6 Å². The lowest BCUT2D eigenvalue weighted by Crippen LogP contribution is -2.24. The van der Waals surface area contributed by atoms with E-state index < -0.39 is 15.4 Å². The molecule has 0 spiro atoms. The van der Waals surface area contributed by atoms with E-state index in [0.29, 0.717) is 10.6 Å². The molecule has 1 N–H and O–H groups in total. The first-order valence-electron chi connectivity index (χ1n) is 4.87. The number of rotatable bonds is 4. The van der Waals surface area contributed by atoms with Crippen LogP contribution in [0.3, 0.4) is 0 Å². The van der Waals surface area contributed by atoms with Gasteiger partial charge in [-0.3, -0.25) is 0 Å². The van der Waals surface area contributed by atoms with Crippen LogP contribution in [0.15, 0.2) is 24.3 Å². The minimum atomic E-state index is -3.07. The van der Waals surface area contributed by atoms with Gasteiger partial charge in [-0.2, -0.15) is 0 Å². The quantitative estimate of drug-likeness (QED) is 0.903. The van der Waals surface area contributed by atoms with Crippen LogP contribution in [0.5, 0.6) is 0 Å². The number of sulfone groups is 1. The third-order valence-electron chi connectivity index (χ3n) is 2.41. The van der Waals surface area contributed by atoms with Gasteiger partial charge in [0.15, 0.2) is 0 Å². The second-order valence-electron chi connectivity index (χ2n) is 4.16. The molecular weight excluding hydrogens is 248 g/mol. The molecule has 1 aromatic carbocycles. The Morgan fingerprint density at radius 3 is 2.56 bits per heavy atom. The highest BCUT2D eigenvalue weighted by Gasteiger charge is 2.24. The number of aliphatic hydroxyl groups is 1. The zero-order chi connectivity index (χ0) is 12.4. The average molecular weight is 263 g/mol. The largest absolute Gasteiger partial charge is 0.385 e. The molecule has 0 heterocycles. The van der Waals surface area contributed by atoms with Gasteiger partial charge in [-0.25, -0.2) is 8.42 Å². The molecule has 0 fully saturated rings. The smallest absolute Gasteiger partial charge is 0.147 e. The molecule has 1 atom stereocenters. The second kappa shape index (κ2) is 4.73. The summed E-state index contributed by atoms with van der Waals surface area (Å²) in [6, 6.07) is 6.81. The molecule has 0 aromatic heterocycles. The standard InChI is InChI=1S/C11H15ClO3S/c1-11(13,6-7-16(2,14)15)9-4-3-5-10(12)8-9/h3-5,8,13H,6-7H2,1-2H3. The van der Waals surface area contributed by atoms with E-state index in [2.05, 4.69) is 0 Å². The molecule has 0 saturated carbocycles. The molecule has 0 aliphatic rings. The van der Waals surface area contributed by atoms with Gasteiger partial charge in [0.2, 0.25) is 0 Å². The van der Waals surface area contributed by atoms with Gasteiger partial charge in [-0.15, -0.1) is 0 Å². The average Bonchev–Trinajstić information content (AvgIpc) is 2.14. The van der Waals surface area contributed by atoms with Crippen molar-refractivity contribution in [1.82, 2.24) is 0 Å². The van der Waals surface area contributed by atoms with E-state index >= 15 is 0 Å². The van der Waals surface area contributed by atoms with Crippen LogP contribution in [-0.2, 0) is 15.4 Å². The predicted molar refractivity (Wildman–Crippen MR) is 65.4 cm³/mol. The molecule has 1 unspecified atom stereocenters. The molecule has 0 aliphatic heterocycles. The molecule has 1 rings (SSSR count). The van der Waals surface area contributed by atoms with Crippen molar-refractivity contribution < 1.29 is 13.5 Å². The Kier molecular flexibility index (Phi) is 3.99. The van der Waals surface area contributed by atoms with Gasteiger partial charge >= 0.3 is 0 Å². The number of hydrogen-bond donors (Lipinski definition) is 1. The Morgan fingerprint density at radius 1 is 1.44 bits per heavy atom. The molecule has 0 aliphatic carbocycles. The van der Waals surface area contributed by atoms with Gasteiger partial charge in [0.05, 0.1) is 11.4 Å². The van der Waals surface area contributed by atoms with Crippen molar-refractivity contribution in [1.29, 1.82) is 0 Å². The molecule has 0 radical (unpaired) electrons. The van der Waals surface area contributed by atoms with Crippen LogP contribution in [0.2, 0.25) is 5.02 Å². The fraction of sp³-hybridized carbons (Fsp3) is 0.455. The first kappa shape index (κ1) is 13.5. The van der Waals surface area contributed by atoms with Crippen LogP contribution in [0.25, 0.3) is 0 Å². The maximum absolute atomic E-state index is 11.0. The third kappa shape index (κ3) is 4.12. The Morgan fingerprint density at radius 2 is 2.06 bits per heavy atom. The van der Waals surface area contributed by atoms with Crippen molar-refractivity contribution >= 4 is 21.4 Å². The van der Waals surface area contributed by atoms with E-state index in [-0.39, 0.29) is 12.2 Å². The Hall–Kier alpha value is -0.580. The summed E-state index contributed by atoms with van der Waals surface area (Å²) in [5.41, 5.74) is -0.544. The van der Waals surface area contributed by atoms with Gasteiger partial charge < -0.3 is 5.11 Å². The van der Waals surface area contributed by atoms with E-state index in [1.807, 2.05) is 0 Å². The second-order valence-corrected chi connectivity index (χ2v) is 6.86. The third-order valence-corrected chi connectivity index (χ3v) is 3.59. The Balaban J connectivity index is 2.85. The lowest BCUT2D eigenvalue weighted by molar-refractivity contribution is 0.0539. The summed E-state index contributed by atoms with van der Waals surface area (Å²) in [6.07, 6.45) is 1.31. The number of hydrogen-bond acceptors (Lipinski definition) is 3. The molecule has 0 bridgehead atoms. The van der Waals surface area contributed by atoms with Crippen molar-refractivity contribution in [2.24, 2.45) is 0 Å². The summed E-state index contributed by atoms with van der Waals surface area (Å²) in [7, 11) is -3.07. The molecule has 0 saturated heterocycles. The predicted octanol–water partition coefficient (Wildman–Crippen LogP) is 1.98. The van der Waals surface area contributed by atoms with Crippen LogP contribution in [0.1, 0.15) is 18.9 Å². The van der Waals surface area contributed by atoms with Crippen LogP contribution in [0.4, 0.5) is 0 Å². The van der Waals surface area contributed by atoms with Gasteiger partial charge in [0.25, 0.3) is 0 Å². The van der Waals surface area contributed by atoms with Crippen molar-refractivity contribution in [2.45, 2.75) is 18.9 Å². The zero-order valence-electron chi connectivity index (χ0n) is 9.27. The fourth-order valence-corrected chi connectivity index (χ4v) is 2.31. The van der Waals surface area contributed by atoms with E-state index in [0.717, 1.165) is 6.26 Å². The minimum absolute atomic E-state index is 0.0491. The Bertz CT molecular complexity index is 466. The van der Waals surface area contributed by atoms with Crippen molar-refractivity contribution in [3.8, 4) is 0 Å². The summed E-state index contributed by atoms with van der Waals surface area (Å²) < 4.78 is 22.1. The molecule has 1 aromatic rings. The fourth-order valence-electron chi connectivity index (χ4n) is 1.35. The first-order chi connectivity index (χ1) is 7.21. The van der Waals surface area contributed by atoms with Crippen LogP contribution in [-0.4, -0.2) is 25.5 Å². The van der Waals surface area contributed by atoms with Crippen molar-refractivity contribution in [3.05, 3.63) is 34.9 Å². The maximum Gasteiger partial charge on any atom is 0.147 e. The SMILES string of the molecule is CC(O)(CCS(C)(=O)=O)c1cccc(Cl)c1. The molecule has 0 amide bonds. The minimum Gasteiger partial charge on any atom is -0.385 e. The number of benzene rings is 1.